The van der Waals surface area contributed by atoms with Crippen molar-refractivity contribution in [1.82, 2.24) is 15.1 Å². The monoisotopic (exact) mass is 284 g/mol. The lowest BCUT2D eigenvalue weighted by Crippen LogP contribution is -2.14. The fraction of sp³-hybridized carbons (Fsp3) is 0.417. The first-order chi connectivity index (χ1) is 9.43. The van der Waals surface area contributed by atoms with E-state index in [1.54, 1.807) is 6.92 Å². The van der Waals surface area contributed by atoms with Gasteiger partial charge in [-0.3, -0.25) is 0 Å². The minimum absolute atomic E-state index is 0.00722. The maximum Gasteiger partial charge on any atom is 0.434 e. The summed E-state index contributed by atoms with van der Waals surface area (Å²) in [5, 5.41) is 6.43. The third-order valence-electron chi connectivity index (χ3n) is 2.86. The molecule has 5 nitrogen and oxygen atoms in total. The third kappa shape index (κ3) is 2.59. The highest BCUT2D eigenvalue weighted by atomic mass is 19.4. The van der Waals surface area contributed by atoms with E-state index in [4.69, 9.17) is 4.52 Å². The first-order valence-electron chi connectivity index (χ1n) is 6.08. The molecule has 0 saturated heterocycles. The van der Waals surface area contributed by atoms with Crippen LogP contribution in [0.5, 0.6) is 0 Å². The molecule has 2 aromatic rings. The van der Waals surface area contributed by atoms with Crippen molar-refractivity contribution in [3.8, 4) is 11.3 Å². The minimum atomic E-state index is -4.58. The van der Waals surface area contributed by atoms with Crippen molar-refractivity contribution >= 4 is 5.95 Å². The molecule has 1 aliphatic rings. The molecular formula is C12H11F3N4O. The predicted molar refractivity (Wildman–Crippen MR) is 63.9 cm³/mol. The van der Waals surface area contributed by atoms with E-state index in [1.807, 2.05) is 0 Å². The summed E-state index contributed by atoms with van der Waals surface area (Å²) in [7, 11) is 0. The molecule has 0 spiro atoms. The molecule has 3 rings (SSSR count). The van der Waals surface area contributed by atoms with Crippen LogP contribution in [0.3, 0.4) is 0 Å². The second-order valence-corrected chi connectivity index (χ2v) is 4.70. The van der Waals surface area contributed by atoms with Crippen molar-refractivity contribution in [1.29, 1.82) is 0 Å². The van der Waals surface area contributed by atoms with Gasteiger partial charge in [0.05, 0.1) is 11.3 Å². The number of aryl methyl sites for hydroxylation is 1. The van der Waals surface area contributed by atoms with Gasteiger partial charge in [-0.1, -0.05) is 5.16 Å². The van der Waals surface area contributed by atoms with E-state index in [1.165, 1.54) is 6.07 Å². The molecule has 20 heavy (non-hydrogen) atoms. The molecule has 0 amide bonds. The number of nitrogens with one attached hydrogen (secondary N) is 1. The number of nitrogens with zero attached hydrogens (tertiary/aromatic N) is 3. The molecule has 2 aromatic heterocycles. The molecule has 1 fully saturated rings. The maximum absolute atomic E-state index is 13.1. The van der Waals surface area contributed by atoms with Crippen LogP contribution in [0.4, 0.5) is 19.1 Å². The van der Waals surface area contributed by atoms with Crippen LogP contribution in [-0.2, 0) is 6.18 Å². The van der Waals surface area contributed by atoms with Crippen LogP contribution >= 0.6 is 0 Å². The Labute approximate surface area is 112 Å². The van der Waals surface area contributed by atoms with Crippen LogP contribution in [0.2, 0.25) is 0 Å². The lowest BCUT2D eigenvalue weighted by atomic mass is 10.1. The van der Waals surface area contributed by atoms with Gasteiger partial charge in [-0.05, 0) is 19.8 Å². The van der Waals surface area contributed by atoms with E-state index in [2.05, 4.69) is 20.4 Å². The van der Waals surface area contributed by atoms with Gasteiger partial charge in [-0.2, -0.15) is 13.2 Å². The molecule has 0 unspecified atom stereocenters. The fourth-order valence-electron chi connectivity index (χ4n) is 1.75. The Morgan fingerprint density at radius 1 is 1.35 bits per heavy atom. The number of alkyl halides is 3. The Kier molecular flexibility index (Phi) is 2.88. The van der Waals surface area contributed by atoms with E-state index < -0.39 is 11.9 Å². The zero-order valence-electron chi connectivity index (χ0n) is 10.5. The van der Waals surface area contributed by atoms with Crippen LogP contribution in [0.25, 0.3) is 11.3 Å². The van der Waals surface area contributed by atoms with Crippen molar-refractivity contribution < 1.29 is 17.7 Å². The van der Waals surface area contributed by atoms with Crippen LogP contribution in [0.15, 0.2) is 16.8 Å². The summed E-state index contributed by atoms with van der Waals surface area (Å²) in [4.78, 5) is 7.48. The molecule has 0 aromatic carbocycles. The number of aromatic nitrogens is 3. The smallest absolute Gasteiger partial charge is 0.356 e. The highest BCUT2D eigenvalue weighted by molar-refractivity contribution is 5.61. The zero-order valence-corrected chi connectivity index (χ0v) is 10.5. The molecule has 1 N–H and O–H groups in total. The van der Waals surface area contributed by atoms with E-state index >= 15 is 0 Å². The van der Waals surface area contributed by atoms with Gasteiger partial charge >= 0.3 is 6.18 Å². The summed E-state index contributed by atoms with van der Waals surface area (Å²) in [6.45, 7) is 1.63. The number of halogens is 3. The summed E-state index contributed by atoms with van der Waals surface area (Å²) in [6.07, 6.45) is -1.62. The zero-order chi connectivity index (χ0) is 14.3. The molecule has 0 atom stereocenters. The molecule has 0 bridgehead atoms. The van der Waals surface area contributed by atoms with Gasteiger partial charge in [0.2, 0.25) is 5.95 Å². The first-order valence-corrected chi connectivity index (χ1v) is 6.08. The summed E-state index contributed by atoms with van der Waals surface area (Å²) in [5.74, 6) is -0.00684. The Bertz CT molecular complexity index is 634. The van der Waals surface area contributed by atoms with E-state index in [0.29, 0.717) is 5.69 Å². The highest BCUT2D eigenvalue weighted by Gasteiger charge is 2.38. The van der Waals surface area contributed by atoms with Gasteiger partial charge < -0.3 is 9.84 Å². The SMILES string of the molecule is Cc1cc(-c2cnc(NC3CC3)nc2C(F)(F)F)on1. The number of anilines is 1. The van der Waals surface area contributed by atoms with Gasteiger partial charge in [-0.25, -0.2) is 9.97 Å². The third-order valence-corrected chi connectivity index (χ3v) is 2.86. The molecule has 0 aliphatic heterocycles. The fourth-order valence-corrected chi connectivity index (χ4v) is 1.75. The van der Waals surface area contributed by atoms with Crippen molar-refractivity contribution in [2.45, 2.75) is 32.0 Å². The standard InChI is InChI=1S/C12H11F3N4O/c1-6-4-9(20-19-6)8-5-16-11(17-7-2-3-7)18-10(8)12(13,14)15/h4-5,7H,2-3H2,1H3,(H,16,17,18). The summed E-state index contributed by atoms with van der Waals surface area (Å²) < 4.78 is 44.2. The molecule has 106 valence electrons. The Morgan fingerprint density at radius 2 is 2.10 bits per heavy atom. The minimum Gasteiger partial charge on any atom is -0.356 e. The largest absolute Gasteiger partial charge is 0.434 e. The van der Waals surface area contributed by atoms with E-state index in [0.717, 1.165) is 19.0 Å². The number of rotatable bonds is 3. The first kappa shape index (κ1) is 12.9. The van der Waals surface area contributed by atoms with Gasteiger partial charge in [0.15, 0.2) is 11.5 Å². The lowest BCUT2D eigenvalue weighted by Gasteiger charge is -2.11. The van der Waals surface area contributed by atoms with Gasteiger partial charge in [0, 0.05) is 18.3 Å². The van der Waals surface area contributed by atoms with Gasteiger partial charge in [0.1, 0.15) is 0 Å². The Balaban J connectivity index is 2.03. The average Bonchev–Trinajstić information content (AvgIpc) is 3.08. The average molecular weight is 284 g/mol. The van der Waals surface area contributed by atoms with Crippen LogP contribution in [0.1, 0.15) is 24.2 Å². The Morgan fingerprint density at radius 3 is 2.65 bits per heavy atom. The molecular weight excluding hydrogens is 273 g/mol. The topological polar surface area (TPSA) is 63.8 Å². The number of hydrogen-bond donors (Lipinski definition) is 1. The quantitative estimate of drug-likeness (QED) is 0.938. The lowest BCUT2D eigenvalue weighted by molar-refractivity contribution is -0.140. The van der Waals surface area contributed by atoms with E-state index in [-0.39, 0.29) is 23.3 Å². The van der Waals surface area contributed by atoms with E-state index in [9.17, 15) is 13.2 Å². The van der Waals surface area contributed by atoms with Gasteiger partial charge in [-0.15, -0.1) is 0 Å². The summed E-state index contributed by atoms with van der Waals surface area (Å²) in [6, 6.07) is 1.59. The maximum atomic E-state index is 13.1. The number of hydrogen-bond acceptors (Lipinski definition) is 5. The van der Waals surface area contributed by atoms with Crippen LogP contribution in [0, 0.1) is 6.92 Å². The molecule has 2 heterocycles. The second-order valence-electron chi connectivity index (χ2n) is 4.70. The second kappa shape index (κ2) is 4.46. The van der Waals surface area contributed by atoms with Crippen molar-refractivity contribution in [3.63, 3.8) is 0 Å². The highest BCUT2D eigenvalue weighted by Crippen LogP contribution is 2.36. The molecule has 8 heteroatoms. The molecule has 1 saturated carbocycles. The molecule has 0 radical (unpaired) electrons. The normalized spacial score (nSPS) is 15.4. The van der Waals surface area contributed by atoms with Crippen LogP contribution < -0.4 is 5.32 Å². The van der Waals surface area contributed by atoms with Crippen LogP contribution in [-0.4, -0.2) is 21.2 Å². The van der Waals surface area contributed by atoms with Crippen molar-refractivity contribution in [3.05, 3.63) is 23.7 Å². The summed E-state index contributed by atoms with van der Waals surface area (Å²) >= 11 is 0. The van der Waals surface area contributed by atoms with Crippen molar-refractivity contribution in [2.75, 3.05) is 5.32 Å². The van der Waals surface area contributed by atoms with Crippen molar-refractivity contribution in [2.24, 2.45) is 0 Å². The van der Waals surface area contributed by atoms with Gasteiger partial charge in [0.25, 0.3) is 0 Å². The predicted octanol–water partition coefficient (Wildman–Crippen LogP) is 3.03. The Hall–Kier alpha value is -2.12. The summed E-state index contributed by atoms with van der Waals surface area (Å²) in [5.41, 5.74) is -0.737. The molecule has 1 aliphatic carbocycles.